The highest BCUT2D eigenvalue weighted by atomic mass is 35.5. The summed E-state index contributed by atoms with van der Waals surface area (Å²) in [6.07, 6.45) is 1.82. The van der Waals surface area contributed by atoms with Gasteiger partial charge in [-0.15, -0.1) is 0 Å². The monoisotopic (exact) mass is 391 g/mol. The summed E-state index contributed by atoms with van der Waals surface area (Å²) in [7, 11) is 0. The smallest absolute Gasteiger partial charge is 0.341 e. The molecule has 0 saturated heterocycles. The second-order valence-corrected chi connectivity index (χ2v) is 6.48. The lowest BCUT2D eigenvalue weighted by Crippen LogP contribution is -2.28. The largest absolute Gasteiger partial charge is 0.462 e. The fourth-order valence-corrected chi connectivity index (χ4v) is 2.91. The Morgan fingerprint density at radius 2 is 1.96 bits per heavy atom. The van der Waals surface area contributed by atoms with E-state index in [0.717, 1.165) is 0 Å². The van der Waals surface area contributed by atoms with Gasteiger partial charge in [0.1, 0.15) is 5.15 Å². The molecular weight excluding hydrogens is 377 g/mol. The number of aromatic nitrogens is 1. The van der Waals surface area contributed by atoms with Gasteiger partial charge in [-0.2, -0.15) is 5.10 Å². The van der Waals surface area contributed by atoms with Gasteiger partial charge in [-0.1, -0.05) is 23.2 Å². The van der Waals surface area contributed by atoms with E-state index < -0.39 is 11.9 Å². The number of esters is 1. The summed E-state index contributed by atoms with van der Waals surface area (Å²) in [5, 5.41) is 6.32. The van der Waals surface area contributed by atoms with E-state index in [2.05, 4.69) is 10.1 Å². The van der Waals surface area contributed by atoms with Crippen LogP contribution in [0.5, 0.6) is 0 Å². The van der Waals surface area contributed by atoms with E-state index in [1.165, 1.54) is 17.3 Å². The minimum absolute atomic E-state index is 0.0712. The number of benzene rings is 1. The summed E-state index contributed by atoms with van der Waals surface area (Å²) >= 11 is 11.7. The normalized spacial score (nSPS) is 16.6. The van der Waals surface area contributed by atoms with Crippen LogP contribution in [0, 0.1) is 5.92 Å². The molecule has 1 amide bonds. The van der Waals surface area contributed by atoms with Crippen LogP contribution in [0.4, 0.5) is 5.69 Å². The molecule has 0 aliphatic carbocycles. The Hall–Kier alpha value is -2.44. The number of rotatable bonds is 5. The molecule has 0 fully saturated rings. The molecule has 0 radical (unpaired) electrons. The molecule has 1 aromatic heterocycles. The molecular formula is C18H15Cl2N3O3. The van der Waals surface area contributed by atoms with Crippen LogP contribution in [0.1, 0.15) is 23.7 Å². The van der Waals surface area contributed by atoms with E-state index in [0.29, 0.717) is 22.8 Å². The summed E-state index contributed by atoms with van der Waals surface area (Å²) in [5.41, 5.74) is 1.50. The molecule has 1 aromatic carbocycles. The van der Waals surface area contributed by atoms with Gasteiger partial charge in [0.25, 0.3) is 5.91 Å². The number of amides is 1. The molecule has 0 spiro atoms. The topological polar surface area (TPSA) is 71.9 Å². The molecule has 6 nitrogen and oxygen atoms in total. The molecule has 0 N–H and O–H groups in total. The van der Waals surface area contributed by atoms with Gasteiger partial charge < -0.3 is 4.74 Å². The maximum atomic E-state index is 12.6. The SMILES string of the molecule is CC1=NN(c2ccc(Cl)cc2)C(=O)C1CCOC(=O)c1cccnc1Cl. The van der Waals surface area contributed by atoms with E-state index in [9.17, 15) is 9.59 Å². The average molecular weight is 392 g/mol. The first-order valence-electron chi connectivity index (χ1n) is 7.89. The molecule has 1 atom stereocenters. The minimum atomic E-state index is -0.572. The number of nitrogens with zero attached hydrogens (tertiary/aromatic N) is 3. The van der Waals surface area contributed by atoms with Gasteiger partial charge in [0, 0.05) is 16.9 Å². The maximum Gasteiger partial charge on any atom is 0.341 e. The van der Waals surface area contributed by atoms with Gasteiger partial charge in [0.15, 0.2) is 0 Å². The number of halogens is 2. The lowest BCUT2D eigenvalue weighted by molar-refractivity contribution is -0.120. The molecule has 2 heterocycles. The van der Waals surface area contributed by atoms with Gasteiger partial charge in [-0.3, -0.25) is 4.79 Å². The Labute approximate surface area is 160 Å². The second-order valence-electron chi connectivity index (χ2n) is 5.69. The van der Waals surface area contributed by atoms with Crippen LogP contribution in [-0.2, 0) is 9.53 Å². The summed E-state index contributed by atoms with van der Waals surface area (Å²) in [5.74, 6) is -1.18. The maximum absolute atomic E-state index is 12.6. The standard InChI is InChI=1S/C18H15Cl2N3O3/c1-11-14(8-10-26-18(25)15-3-2-9-21-16(15)20)17(24)23(22-11)13-6-4-12(19)5-7-13/h2-7,9,14H,8,10H2,1H3. The number of anilines is 1. The quantitative estimate of drug-likeness (QED) is 0.570. The predicted octanol–water partition coefficient (Wildman–Crippen LogP) is 3.97. The van der Waals surface area contributed by atoms with Gasteiger partial charge >= 0.3 is 5.97 Å². The van der Waals surface area contributed by atoms with Gasteiger partial charge in [-0.05, 0) is 49.7 Å². The highest BCUT2D eigenvalue weighted by Crippen LogP contribution is 2.27. The molecule has 8 heteroatoms. The summed E-state index contributed by atoms with van der Waals surface area (Å²) < 4.78 is 5.22. The van der Waals surface area contributed by atoms with Crippen molar-refractivity contribution in [2.75, 3.05) is 11.6 Å². The third kappa shape index (κ3) is 3.86. The fourth-order valence-electron chi connectivity index (χ4n) is 2.59. The van der Waals surface area contributed by atoms with Crippen LogP contribution in [0.2, 0.25) is 10.2 Å². The molecule has 0 bridgehead atoms. The van der Waals surface area contributed by atoms with E-state index in [-0.39, 0.29) is 23.2 Å². The van der Waals surface area contributed by atoms with Crippen molar-refractivity contribution in [3.05, 3.63) is 58.3 Å². The van der Waals surface area contributed by atoms with E-state index in [1.807, 2.05) is 0 Å². The zero-order chi connectivity index (χ0) is 18.7. The average Bonchev–Trinajstić information content (AvgIpc) is 2.91. The highest BCUT2D eigenvalue weighted by Gasteiger charge is 2.34. The van der Waals surface area contributed by atoms with E-state index in [4.69, 9.17) is 27.9 Å². The molecule has 2 aromatic rings. The first-order chi connectivity index (χ1) is 12.5. The van der Waals surface area contributed by atoms with Crippen molar-refractivity contribution in [3.8, 4) is 0 Å². The zero-order valence-corrected chi connectivity index (χ0v) is 15.4. The number of hydrogen-bond donors (Lipinski definition) is 0. The first kappa shape index (κ1) is 18.4. The van der Waals surface area contributed by atoms with Gasteiger partial charge in [0.05, 0.1) is 23.8 Å². The molecule has 1 unspecified atom stereocenters. The Bertz CT molecular complexity index is 868. The van der Waals surface area contributed by atoms with E-state index in [1.54, 1.807) is 37.3 Å². The molecule has 134 valence electrons. The third-order valence-corrected chi connectivity index (χ3v) is 4.51. The third-order valence-electron chi connectivity index (χ3n) is 3.96. The molecule has 0 saturated carbocycles. The van der Waals surface area contributed by atoms with E-state index >= 15 is 0 Å². The Kier molecular flexibility index (Phi) is 5.54. The van der Waals surface area contributed by atoms with Crippen LogP contribution in [0.15, 0.2) is 47.7 Å². The number of pyridine rings is 1. The van der Waals surface area contributed by atoms with Crippen LogP contribution >= 0.6 is 23.2 Å². The molecule has 1 aliphatic rings. The predicted molar refractivity (Wildman–Crippen MR) is 99.7 cm³/mol. The summed E-state index contributed by atoms with van der Waals surface area (Å²) in [6, 6.07) is 9.98. The van der Waals surface area contributed by atoms with Crippen LogP contribution in [0.25, 0.3) is 0 Å². The van der Waals surface area contributed by atoms with Crippen molar-refractivity contribution >= 4 is 46.5 Å². The Balaban J connectivity index is 1.60. The van der Waals surface area contributed by atoms with Crippen molar-refractivity contribution in [1.29, 1.82) is 0 Å². The van der Waals surface area contributed by atoms with Crippen molar-refractivity contribution in [1.82, 2.24) is 4.98 Å². The van der Waals surface area contributed by atoms with Gasteiger partial charge in [-0.25, -0.2) is 14.8 Å². The van der Waals surface area contributed by atoms with Crippen molar-refractivity contribution in [2.24, 2.45) is 11.0 Å². The zero-order valence-electron chi connectivity index (χ0n) is 13.9. The fraction of sp³-hybridized carbons (Fsp3) is 0.222. The first-order valence-corrected chi connectivity index (χ1v) is 8.65. The van der Waals surface area contributed by atoms with Crippen LogP contribution in [-0.4, -0.2) is 29.2 Å². The van der Waals surface area contributed by atoms with Crippen molar-refractivity contribution in [2.45, 2.75) is 13.3 Å². The van der Waals surface area contributed by atoms with Crippen molar-refractivity contribution in [3.63, 3.8) is 0 Å². The molecule has 1 aliphatic heterocycles. The number of hydrogen-bond acceptors (Lipinski definition) is 5. The second kappa shape index (κ2) is 7.85. The lowest BCUT2D eigenvalue weighted by atomic mass is 10.0. The number of carbonyl (C=O) groups excluding carboxylic acids is 2. The summed E-state index contributed by atoms with van der Waals surface area (Å²) in [6.45, 7) is 1.85. The van der Waals surface area contributed by atoms with Gasteiger partial charge in [0.2, 0.25) is 0 Å². The van der Waals surface area contributed by atoms with Crippen LogP contribution < -0.4 is 5.01 Å². The number of carbonyl (C=O) groups is 2. The summed E-state index contributed by atoms with van der Waals surface area (Å²) in [4.78, 5) is 28.5. The molecule has 3 rings (SSSR count). The van der Waals surface area contributed by atoms with Crippen LogP contribution in [0.3, 0.4) is 0 Å². The number of hydrazone groups is 1. The molecule has 26 heavy (non-hydrogen) atoms. The Morgan fingerprint density at radius 1 is 1.23 bits per heavy atom. The van der Waals surface area contributed by atoms with Crippen molar-refractivity contribution < 1.29 is 14.3 Å². The highest BCUT2D eigenvalue weighted by molar-refractivity contribution is 6.32. The lowest BCUT2D eigenvalue weighted by Gasteiger charge is -2.14. The Morgan fingerprint density at radius 3 is 2.65 bits per heavy atom. The minimum Gasteiger partial charge on any atom is -0.462 e. The number of ether oxygens (including phenoxy) is 1.